The molecule has 0 saturated heterocycles. The quantitative estimate of drug-likeness (QED) is 0.475. The van der Waals surface area contributed by atoms with E-state index in [0.717, 1.165) is 17.0 Å². The molecule has 0 heterocycles. The fraction of sp³-hybridized carbons (Fsp3) is 0.529. The van der Waals surface area contributed by atoms with E-state index in [2.05, 4.69) is 10.0 Å². The van der Waals surface area contributed by atoms with Crippen molar-refractivity contribution >= 4 is 33.4 Å². The Bertz CT molecular complexity index is 850. The molecule has 13 heteroatoms. The summed E-state index contributed by atoms with van der Waals surface area (Å²) in [6.45, 7) is 0.290. The standard InChI is InChI=1S/C17H23ClF3N3O5S/c1-24(11-15(25)22-7-3-9-29-2)16(26)6-8-23-30(27,28)12-4-5-14(18)13(10-12)17(19,20)21/h4-5,10,23H,3,6-9,11H2,1-2H3,(H,22,25). The lowest BCUT2D eigenvalue weighted by molar-refractivity contribution is -0.137. The molecule has 2 N–H and O–H groups in total. The topological polar surface area (TPSA) is 105 Å². The molecule has 2 amide bonds. The molecule has 1 aromatic rings. The highest BCUT2D eigenvalue weighted by molar-refractivity contribution is 7.89. The van der Waals surface area contributed by atoms with Gasteiger partial charge in [-0.1, -0.05) is 11.6 Å². The molecule has 0 atom stereocenters. The van der Waals surface area contributed by atoms with Gasteiger partial charge < -0.3 is 15.0 Å². The summed E-state index contributed by atoms with van der Waals surface area (Å²) in [6, 6.07) is 2.19. The van der Waals surface area contributed by atoms with Crippen molar-refractivity contribution in [2.45, 2.75) is 23.9 Å². The van der Waals surface area contributed by atoms with Crippen LogP contribution in [0.3, 0.4) is 0 Å². The molecule has 0 unspecified atom stereocenters. The van der Waals surface area contributed by atoms with Gasteiger partial charge in [0.2, 0.25) is 21.8 Å². The van der Waals surface area contributed by atoms with Gasteiger partial charge >= 0.3 is 6.18 Å². The molecular weight excluding hydrogens is 451 g/mol. The lowest BCUT2D eigenvalue weighted by Gasteiger charge is -2.17. The maximum absolute atomic E-state index is 12.9. The third-order valence-electron chi connectivity index (χ3n) is 3.84. The smallest absolute Gasteiger partial charge is 0.385 e. The van der Waals surface area contributed by atoms with Crippen molar-refractivity contribution < 1.29 is 35.9 Å². The number of nitrogens with zero attached hydrogens (tertiary/aromatic N) is 1. The fourth-order valence-electron chi connectivity index (χ4n) is 2.26. The molecule has 0 aliphatic carbocycles. The number of carbonyl (C=O) groups is 2. The molecular formula is C17H23ClF3N3O5S. The van der Waals surface area contributed by atoms with E-state index < -0.39 is 37.6 Å². The molecule has 0 radical (unpaired) electrons. The van der Waals surface area contributed by atoms with Crippen LogP contribution in [0.15, 0.2) is 23.1 Å². The van der Waals surface area contributed by atoms with E-state index in [9.17, 15) is 31.2 Å². The zero-order valence-electron chi connectivity index (χ0n) is 16.4. The molecule has 8 nitrogen and oxygen atoms in total. The van der Waals surface area contributed by atoms with Crippen LogP contribution in [0.4, 0.5) is 13.2 Å². The Hall–Kier alpha value is -1.89. The van der Waals surface area contributed by atoms with Gasteiger partial charge in [-0.2, -0.15) is 13.2 Å². The summed E-state index contributed by atoms with van der Waals surface area (Å²) in [6.07, 6.45) is -4.49. The second-order valence-corrected chi connectivity index (χ2v) is 8.41. The van der Waals surface area contributed by atoms with Crippen molar-refractivity contribution in [3.8, 4) is 0 Å². The highest BCUT2D eigenvalue weighted by Gasteiger charge is 2.34. The number of ether oxygens (including phenoxy) is 1. The minimum Gasteiger partial charge on any atom is -0.385 e. The van der Waals surface area contributed by atoms with Gasteiger partial charge in [-0.05, 0) is 24.6 Å². The Morgan fingerprint density at radius 2 is 1.90 bits per heavy atom. The lowest BCUT2D eigenvalue weighted by atomic mass is 10.2. The van der Waals surface area contributed by atoms with Crippen molar-refractivity contribution in [1.29, 1.82) is 0 Å². The summed E-state index contributed by atoms with van der Waals surface area (Å²) < 4.78 is 70.0. The molecule has 1 aromatic carbocycles. The van der Waals surface area contributed by atoms with Crippen LogP contribution < -0.4 is 10.0 Å². The number of nitrogens with one attached hydrogen (secondary N) is 2. The van der Waals surface area contributed by atoms with E-state index in [1.807, 2.05) is 0 Å². The minimum atomic E-state index is -4.81. The van der Waals surface area contributed by atoms with Gasteiger partial charge in [-0.25, -0.2) is 13.1 Å². The highest BCUT2D eigenvalue weighted by atomic mass is 35.5. The summed E-state index contributed by atoms with van der Waals surface area (Å²) in [7, 11) is -1.38. The van der Waals surface area contributed by atoms with Gasteiger partial charge in [0, 0.05) is 40.3 Å². The largest absolute Gasteiger partial charge is 0.417 e. The third kappa shape index (κ3) is 8.46. The van der Waals surface area contributed by atoms with Crippen molar-refractivity contribution in [3.05, 3.63) is 28.8 Å². The molecule has 0 bridgehead atoms. The van der Waals surface area contributed by atoms with Gasteiger partial charge in [0.05, 0.1) is 22.0 Å². The van der Waals surface area contributed by atoms with Gasteiger partial charge in [-0.3, -0.25) is 9.59 Å². The summed E-state index contributed by atoms with van der Waals surface area (Å²) >= 11 is 5.48. The second-order valence-electron chi connectivity index (χ2n) is 6.23. The zero-order chi connectivity index (χ0) is 22.9. The molecule has 0 spiro atoms. The number of benzene rings is 1. The van der Waals surface area contributed by atoms with Crippen LogP contribution in [-0.2, 0) is 30.5 Å². The van der Waals surface area contributed by atoms with E-state index in [1.54, 1.807) is 0 Å². The van der Waals surface area contributed by atoms with Gasteiger partial charge in [0.1, 0.15) is 0 Å². The normalized spacial score (nSPS) is 11.9. The zero-order valence-corrected chi connectivity index (χ0v) is 18.0. The van der Waals surface area contributed by atoms with Gasteiger partial charge in [0.25, 0.3) is 0 Å². The number of amides is 2. The van der Waals surface area contributed by atoms with E-state index in [4.69, 9.17) is 16.3 Å². The van der Waals surface area contributed by atoms with E-state index >= 15 is 0 Å². The van der Waals surface area contributed by atoms with Crippen LogP contribution in [-0.4, -0.2) is 65.5 Å². The molecule has 1 rings (SSSR count). The van der Waals surface area contributed by atoms with Crippen LogP contribution in [0.25, 0.3) is 0 Å². The third-order valence-corrected chi connectivity index (χ3v) is 5.63. The first-order valence-electron chi connectivity index (χ1n) is 8.74. The Morgan fingerprint density at radius 1 is 1.23 bits per heavy atom. The molecule has 170 valence electrons. The molecule has 0 saturated carbocycles. The first kappa shape index (κ1) is 26.1. The average Bonchev–Trinajstić information content (AvgIpc) is 2.64. The monoisotopic (exact) mass is 473 g/mol. The van der Waals surface area contributed by atoms with Crippen molar-refractivity contribution in [3.63, 3.8) is 0 Å². The Morgan fingerprint density at radius 3 is 2.50 bits per heavy atom. The fourth-order valence-corrected chi connectivity index (χ4v) is 3.54. The number of alkyl halides is 3. The number of sulfonamides is 1. The first-order valence-corrected chi connectivity index (χ1v) is 10.6. The second kappa shape index (κ2) is 11.5. The summed E-state index contributed by atoms with van der Waals surface area (Å²) in [5.74, 6) is -0.903. The number of hydrogen-bond donors (Lipinski definition) is 2. The summed E-state index contributed by atoms with van der Waals surface area (Å²) in [4.78, 5) is 24.2. The number of carbonyl (C=O) groups excluding carboxylic acids is 2. The predicted molar refractivity (Wildman–Crippen MR) is 103 cm³/mol. The van der Waals surface area contributed by atoms with Gasteiger partial charge in [0.15, 0.2) is 0 Å². The number of likely N-dealkylation sites (N-methyl/N-ethyl adjacent to an activating group) is 1. The number of methoxy groups -OCH3 is 1. The van der Waals surface area contributed by atoms with Crippen LogP contribution in [0.2, 0.25) is 5.02 Å². The number of halogens is 4. The van der Waals surface area contributed by atoms with Crippen LogP contribution >= 0.6 is 11.6 Å². The predicted octanol–water partition coefficient (Wildman–Crippen LogP) is 1.64. The highest BCUT2D eigenvalue weighted by Crippen LogP contribution is 2.35. The van der Waals surface area contributed by atoms with E-state index in [0.29, 0.717) is 25.6 Å². The van der Waals surface area contributed by atoms with Crippen LogP contribution in [0, 0.1) is 0 Å². The van der Waals surface area contributed by atoms with Crippen molar-refractivity contribution in [1.82, 2.24) is 14.9 Å². The number of rotatable bonds is 11. The lowest BCUT2D eigenvalue weighted by Crippen LogP contribution is -2.40. The molecule has 0 aliphatic heterocycles. The van der Waals surface area contributed by atoms with Crippen LogP contribution in [0.5, 0.6) is 0 Å². The molecule has 0 aromatic heterocycles. The average molecular weight is 474 g/mol. The van der Waals surface area contributed by atoms with Crippen molar-refractivity contribution in [2.75, 3.05) is 40.4 Å². The van der Waals surface area contributed by atoms with E-state index in [-0.39, 0.29) is 25.4 Å². The SMILES string of the molecule is COCCCNC(=O)CN(C)C(=O)CCNS(=O)(=O)c1ccc(Cl)c(C(F)(F)F)c1. The molecule has 30 heavy (non-hydrogen) atoms. The summed E-state index contributed by atoms with van der Waals surface area (Å²) in [5, 5.41) is 1.97. The maximum Gasteiger partial charge on any atom is 0.417 e. The first-order chi connectivity index (χ1) is 13.9. The number of hydrogen-bond acceptors (Lipinski definition) is 5. The Kier molecular flexibility index (Phi) is 10.0. The summed E-state index contributed by atoms with van der Waals surface area (Å²) in [5.41, 5.74) is -1.28. The minimum absolute atomic E-state index is 0.218. The Balaban J connectivity index is 2.57. The molecule has 0 aliphatic rings. The van der Waals surface area contributed by atoms with Gasteiger partial charge in [-0.15, -0.1) is 0 Å². The Labute approximate surface area is 177 Å². The molecule has 0 fully saturated rings. The van der Waals surface area contributed by atoms with Crippen LogP contribution in [0.1, 0.15) is 18.4 Å². The van der Waals surface area contributed by atoms with Crippen molar-refractivity contribution in [2.24, 2.45) is 0 Å². The maximum atomic E-state index is 12.9. The van der Waals surface area contributed by atoms with E-state index in [1.165, 1.54) is 14.2 Å².